The summed E-state index contributed by atoms with van der Waals surface area (Å²) >= 11 is 1.08. The second-order valence-electron chi connectivity index (χ2n) is 8.27. The standard InChI is InChI=1S/C23H19F3N4O4S/c1-13-27-21(34-15-8-9-17(30(32)33)16(12-15)23(24,25)26)20(35-13)22(31)29-11-10-28(14-6-7-14)18-4-2-3-5-19(18)29/h2-5,8-9,12,14H,6-7,10-11H2,1H3. The first-order valence-electron chi connectivity index (χ1n) is 10.8. The molecule has 1 aliphatic heterocycles. The zero-order valence-electron chi connectivity index (χ0n) is 18.4. The highest BCUT2D eigenvalue weighted by Crippen LogP contribution is 2.42. The molecule has 1 saturated carbocycles. The minimum atomic E-state index is -4.96. The van der Waals surface area contributed by atoms with Gasteiger partial charge >= 0.3 is 6.18 Å². The van der Waals surface area contributed by atoms with Crippen molar-refractivity contribution in [1.29, 1.82) is 0 Å². The highest BCUT2D eigenvalue weighted by atomic mass is 32.1. The van der Waals surface area contributed by atoms with E-state index in [0.29, 0.717) is 30.2 Å². The van der Waals surface area contributed by atoms with Crippen molar-refractivity contribution in [3.05, 3.63) is 68.0 Å². The van der Waals surface area contributed by atoms with Gasteiger partial charge in [0, 0.05) is 31.3 Å². The van der Waals surface area contributed by atoms with Gasteiger partial charge in [0.05, 0.1) is 21.3 Å². The van der Waals surface area contributed by atoms with Crippen LogP contribution in [0, 0.1) is 17.0 Å². The maximum Gasteiger partial charge on any atom is 0.423 e. The summed E-state index contributed by atoms with van der Waals surface area (Å²) in [6.07, 6.45) is -2.73. The molecule has 35 heavy (non-hydrogen) atoms. The SMILES string of the molecule is Cc1nc(Oc2ccc([N+](=O)[O-])c(C(F)(F)F)c2)c(C(=O)N2CCN(C3CC3)c3ccccc32)s1. The van der Waals surface area contributed by atoms with Crippen LogP contribution < -0.4 is 14.5 Å². The van der Waals surface area contributed by atoms with E-state index in [-0.39, 0.29) is 22.4 Å². The van der Waals surface area contributed by atoms with E-state index < -0.39 is 22.4 Å². The minimum absolute atomic E-state index is 0.137. The highest BCUT2D eigenvalue weighted by molar-refractivity contribution is 7.14. The van der Waals surface area contributed by atoms with Gasteiger partial charge in [-0.05, 0) is 38.0 Å². The molecule has 5 rings (SSSR count). The number of hydrogen-bond acceptors (Lipinski definition) is 7. The Morgan fingerprint density at radius 3 is 2.54 bits per heavy atom. The van der Waals surface area contributed by atoms with Gasteiger partial charge < -0.3 is 14.5 Å². The monoisotopic (exact) mass is 504 g/mol. The average Bonchev–Trinajstić information content (AvgIpc) is 3.59. The third kappa shape index (κ3) is 4.41. The fraction of sp³-hybridized carbons (Fsp3) is 0.304. The van der Waals surface area contributed by atoms with Gasteiger partial charge in [0.1, 0.15) is 11.3 Å². The Labute approximate surface area is 201 Å². The molecule has 8 nitrogen and oxygen atoms in total. The van der Waals surface area contributed by atoms with Crippen molar-refractivity contribution in [2.45, 2.75) is 32.0 Å². The number of para-hydroxylation sites is 2. The van der Waals surface area contributed by atoms with Gasteiger partial charge in [0.25, 0.3) is 11.6 Å². The van der Waals surface area contributed by atoms with Crippen LogP contribution >= 0.6 is 11.3 Å². The van der Waals surface area contributed by atoms with Gasteiger partial charge in [-0.3, -0.25) is 14.9 Å². The molecule has 0 atom stereocenters. The molecular formula is C23H19F3N4O4S. The summed E-state index contributed by atoms with van der Waals surface area (Å²) in [6.45, 7) is 2.77. The molecule has 1 aliphatic carbocycles. The first kappa shape index (κ1) is 23.1. The third-order valence-electron chi connectivity index (χ3n) is 5.86. The van der Waals surface area contributed by atoms with E-state index in [2.05, 4.69) is 9.88 Å². The number of aromatic nitrogens is 1. The number of amides is 1. The molecule has 0 bridgehead atoms. The lowest BCUT2D eigenvalue weighted by molar-refractivity contribution is -0.388. The largest absolute Gasteiger partial charge is 0.437 e. The topological polar surface area (TPSA) is 88.8 Å². The van der Waals surface area contributed by atoms with E-state index in [9.17, 15) is 28.1 Å². The van der Waals surface area contributed by atoms with Crippen molar-refractivity contribution in [2.75, 3.05) is 22.9 Å². The molecule has 0 unspecified atom stereocenters. The number of nitro benzene ring substituents is 1. The Balaban J connectivity index is 1.47. The van der Waals surface area contributed by atoms with Gasteiger partial charge in [-0.25, -0.2) is 4.98 Å². The molecule has 3 aromatic rings. The number of carbonyl (C=O) groups is 1. The van der Waals surface area contributed by atoms with E-state index in [1.807, 2.05) is 24.3 Å². The number of benzene rings is 2. The molecule has 2 aromatic carbocycles. The Morgan fingerprint density at radius 2 is 1.89 bits per heavy atom. The van der Waals surface area contributed by atoms with Crippen molar-refractivity contribution in [1.82, 2.24) is 4.98 Å². The summed E-state index contributed by atoms with van der Waals surface area (Å²) in [5.74, 6) is -0.811. The molecule has 0 saturated heterocycles. The maximum absolute atomic E-state index is 13.6. The number of thiazole rings is 1. The van der Waals surface area contributed by atoms with Crippen LogP contribution in [0.3, 0.4) is 0 Å². The lowest BCUT2D eigenvalue weighted by Crippen LogP contribution is -2.44. The van der Waals surface area contributed by atoms with Gasteiger partial charge in [-0.1, -0.05) is 12.1 Å². The Bertz CT molecular complexity index is 1320. The van der Waals surface area contributed by atoms with Crippen LogP contribution in [0.5, 0.6) is 11.6 Å². The van der Waals surface area contributed by atoms with E-state index in [1.165, 1.54) is 0 Å². The number of alkyl halides is 3. The van der Waals surface area contributed by atoms with Gasteiger partial charge in [0.2, 0.25) is 5.88 Å². The van der Waals surface area contributed by atoms with E-state index >= 15 is 0 Å². The summed E-state index contributed by atoms with van der Waals surface area (Å²) in [5, 5.41) is 11.5. The number of anilines is 2. The molecule has 0 N–H and O–H groups in total. The highest BCUT2D eigenvalue weighted by Gasteiger charge is 2.39. The molecule has 12 heteroatoms. The second-order valence-corrected chi connectivity index (χ2v) is 9.48. The molecule has 2 aliphatic rings. The van der Waals surface area contributed by atoms with Crippen molar-refractivity contribution in [3.63, 3.8) is 0 Å². The van der Waals surface area contributed by atoms with E-state index in [4.69, 9.17) is 4.74 Å². The third-order valence-corrected chi connectivity index (χ3v) is 6.80. The maximum atomic E-state index is 13.6. The Kier molecular flexibility index (Phi) is 5.62. The lowest BCUT2D eigenvalue weighted by Gasteiger charge is -2.37. The molecule has 182 valence electrons. The molecule has 1 aromatic heterocycles. The van der Waals surface area contributed by atoms with Crippen molar-refractivity contribution in [3.8, 4) is 11.6 Å². The fourth-order valence-electron chi connectivity index (χ4n) is 4.17. The smallest absolute Gasteiger partial charge is 0.423 e. The van der Waals surface area contributed by atoms with Gasteiger partial charge in [-0.2, -0.15) is 13.2 Å². The summed E-state index contributed by atoms with van der Waals surface area (Å²) < 4.78 is 45.7. The quantitative estimate of drug-likeness (QED) is 0.322. The lowest BCUT2D eigenvalue weighted by atomic mass is 10.1. The normalized spacial score (nSPS) is 15.7. The van der Waals surface area contributed by atoms with Crippen LogP contribution in [-0.4, -0.2) is 34.9 Å². The number of carbonyl (C=O) groups excluding carboxylic acids is 1. The minimum Gasteiger partial charge on any atom is -0.437 e. The number of aryl methyl sites for hydroxylation is 1. The number of ether oxygens (including phenoxy) is 1. The number of hydrogen-bond donors (Lipinski definition) is 0. The average molecular weight is 504 g/mol. The van der Waals surface area contributed by atoms with Crippen molar-refractivity contribution < 1.29 is 27.6 Å². The molecular weight excluding hydrogens is 485 g/mol. The zero-order chi connectivity index (χ0) is 24.9. The number of halogens is 3. The Hall–Kier alpha value is -3.67. The van der Waals surface area contributed by atoms with E-state index in [1.54, 1.807) is 11.8 Å². The number of nitrogens with zero attached hydrogens (tertiary/aromatic N) is 4. The number of nitro groups is 1. The summed E-state index contributed by atoms with van der Waals surface area (Å²) in [4.78, 5) is 31.8. The number of rotatable bonds is 5. The molecule has 0 radical (unpaired) electrons. The predicted octanol–water partition coefficient (Wildman–Crippen LogP) is 5.80. The van der Waals surface area contributed by atoms with Crippen LogP contribution in [0.25, 0.3) is 0 Å². The zero-order valence-corrected chi connectivity index (χ0v) is 19.2. The van der Waals surface area contributed by atoms with E-state index in [0.717, 1.165) is 47.7 Å². The Morgan fingerprint density at radius 1 is 1.17 bits per heavy atom. The van der Waals surface area contributed by atoms with Crippen LogP contribution in [0.4, 0.5) is 30.2 Å². The van der Waals surface area contributed by atoms with Crippen LogP contribution in [0.2, 0.25) is 0 Å². The molecule has 1 fully saturated rings. The van der Waals surface area contributed by atoms with Crippen molar-refractivity contribution in [2.24, 2.45) is 0 Å². The first-order chi connectivity index (χ1) is 16.6. The summed E-state index contributed by atoms with van der Waals surface area (Å²) in [6, 6.07) is 10.4. The van der Waals surface area contributed by atoms with Gasteiger partial charge in [-0.15, -0.1) is 11.3 Å². The van der Waals surface area contributed by atoms with Crippen molar-refractivity contribution >= 4 is 34.3 Å². The summed E-state index contributed by atoms with van der Waals surface area (Å²) in [5.41, 5.74) is -0.809. The predicted molar refractivity (Wildman–Crippen MR) is 124 cm³/mol. The van der Waals surface area contributed by atoms with Crippen LogP contribution in [0.1, 0.15) is 33.1 Å². The summed E-state index contributed by atoms with van der Waals surface area (Å²) in [7, 11) is 0. The number of fused-ring (bicyclic) bond motifs is 1. The second kappa shape index (κ2) is 8.52. The molecule has 1 amide bonds. The molecule has 0 spiro atoms. The first-order valence-corrected chi connectivity index (χ1v) is 11.6. The van der Waals surface area contributed by atoms with Crippen LogP contribution in [0.15, 0.2) is 42.5 Å². The fourth-order valence-corrected chi connectivity index (χ4v) is 4.97. The van der Waals surface area contributed by atoms with Crippen LogP contribution in [-0.2, 0) is 6.18 Å². The van der Waals surface area contributed by atoms with Gasteiger partial charge in [0.15, 0.2) is 4.88 Å². The molecule has 2 heterocycles.